The van der Waals surface area contributed by atoms with Gasteiger partial charge < -0.3 is 4.74 Å². The standard InChI is InChI=1S/C7H4ClF3O/c1-12-4-2-3(9)6(10)7(11)5(4)8/h2H,1H3. The van der Waals surface area contributed by atoms with E-state index in [1.54, 1.807) is 0 Å². The first-order valence-electron chi connectivity index (χ1n) is 2.95. The fourth-order valence-corrected chi connectivity index (χ4v) is 0.914. The molecule has 66 valence electrons. The Morgan fingerprint density at radius 2 is 1.83 bits per heavy atom. The molecule has 0 spiro atoms. The fraction of sp³-hybridized carbons (Fsp3) is 0.143. The monoisotopic (exact) mass is 196 g/mol. The average molecular weight is 197 g/mol. The Labute approximate surface area is 71.7 Å². The highest BCUT2D eigenvalue weighted by molar-refractivity contribution is 6.32. The summed E-state index contributed by atoms with van der Waals surface area (Å²) in [5.41, 5.74) is 0. The molecule has 0 bridgehead atoms. The lowest BCUT2D eigenvalue weighted by molar-refractivity contribution is 0.392. The average Bonchev–Trinajstić information content (AvgIpc) is 2.08. The van der Waals surface area contributed by atoms with Crippen molar-refractivity contribution in [1.29, 1.82) is 0 Å². The number of benzene rings is 1. The topological polar surface area (TPSA) is 9.23 Å². The third kappa shape index (κ3) is 1.34. The van der Waals surface area contributed by atoms with Crippen molar-refractivity contribution < 1.29 is 17.9 Å². The molecule has 0 saturated heterocycles. The smallest absolute Gasteiger partial charge is 0.196 e. The first kappa shape index (κ1) is 9.19. The SMILES string of the molecule is COc1cc(F)c(F)c(F)c1Cl. The van der Waals surface area contributed by atoms with Crippen LogP contribution in [0.15, 0.2) is 6.07 Å². The molecule has 12 heavy (non-hydrogen) atoms. The second-order valence-electron chi connectivity index (χ2n) is 2.00. The van der Waals surface area contributed by atoms with Crippen molar-refractivity contribution in [3.8, 4) is 5.75 Å². The number of methoxy groups -OCH3 is 1. The van der Waals surface area contributed by atoms with Crippen molar-refractivity contribution in [3.05, 3.63) is 28.5 Å². The van der Waals surface area contributed by atoms with E-state index in [1.807, 2.05) is 0 Å². The Morgan fingerprint density at radius 1 is 1.25 bits per heavy atom. The highest BCUT2D eigenvalue weighted by atomic mass is 35.5. The molecule has 0 amide bonds. The van der Waals surface area contributed by atoms with E-state index in [9.17, 15) is 13.2 Å². The molecule has 5 heteroatoms. The zero-order valence-electron chi connectivity index (χ0n) is 6.00. The zero-order chi connectivity index (χ0) is 9.30. The Kier molecular flexibility index (Phi) is 2.47. The van der Waals surface area contributed by atoms with Crippen molar-refractivity contribution in [2.45, 2.75) is 0 Å². The molecule has 0 saturated carbocycles. The van der Waals surface area contributed by atoms with Crippen LogP contribution >= 0.6 is 11.6 Å². The molecular weight excluding hydrogens is 193 g/mol. The molecule has 0 atom stereocenters. The number of halogens is 4. The van der Waals surface area contributed by atoms with Gasteiger partial charge in [-0.05, 0) is 0 Å². The van der Waals surface area contributed by atoms with Crippen molar-refractivity contribution in [2.24, 2.45) is 0 Å². The lowest BCUT2D eigenvalue weighted by atomic mass is 10.3. The molecule has 1 rings (SSSR count). The van der Waals surface area contributed by atoms with Gasteiger partial charge in [-0.15, -0.1) is 0 Å². The molecule has 1 aromatic carbocycles. The second-order valence-corrected chi connectivity index (χ2v) is 2.38. The molecule has 1 aromatic rings. The summed E-state index contributed by atoms with van der Waals surface area (Å²) in [5.74, 6) is -4.59. The van der Waals surface area contributed by atoms with Crippen molar-refractivity contribution in [3.63, 3.8) is 0 Å². The predicted octanol–water partition coefficient (Wildman–Crippen LogP) is 2.77. The largest absolute Gasteiger partial charge is 0.495 e. The van der Waals surface area contributed by atoms with Crippen LogP contribution in [-0.4, -0.2) is 7.11 Å². The summed E-state index contributed by atoms with van der Waals surface area (Å²) in [6.45, 7) is 0. The predicted molar refractivity (Wildman–Crippen MR) is 37.9 cm³/mol. The second kappa shape index (κ2) is 3.23. The fourth-order valence-electron chi connectivity index (χ4n) is 0.700. The molecule has 0 aliphatic rings. The molecular formula is C7H4ClF3O. The lowest BCUT2D eigenvalue weighted by Crippen LogP contribution is -1.95. The van der Waals surface area contributed by atoms with Crippen molar-refractivity contribution >= 4 is 11.6 Å². The highest BCUT2D eigenvalue weighted by Crippen LogP contribution is 2.30. The van der Waals surface area contributed by atoms with E-state index in [0.717, 1.165) is 0 Å². The van der Waals surface area contributed by atoms with Crippen molar-refractivity contribution in [2.75, 3.05) is 7.11 Å². The molecule has 0 aromatic heterocycles. The van der Waals surface area contributed by atoms with Gasteiger partial charge in [0, 0.05) is 6.07 Å². The maximum Gasteiger partial charge on any atom is 0.196 e. The third-order valence-corrected chi connectivity index (χ3v) is 1.64. The van der Waals surface area contributed by atoms with Gasteiger partial charge in [-0.2, -0.15) is 0 Å². The van der Waals surface area contributed by atoms with Gasteiger partial charge in [0.15, 0.2) is 17.5 Å². The van der Waals surface area contributed by atoms with Crippen LogP contribution in [0.5, 0.6) is 5.75 Å². The summed E-state index contributed by atoms with van der Waals surface area (Å²) < 4.78 is 42.0. The Hall–Kier alpha value is -0.900. The highest BCUT2D eigenvalue weighted by Gasteiger charge is 2.17. The van der Waals surface area contributed by atoms with Crippen LogP contribution in [0.4, 0.5) is 13.2 Å². The minimum absolute atomic E-state index is 0.229. The summed E-state index contributed by atoms with van der Waals surface area (Å²) in [4.78, 5) is 0. The Balaban J connectivity index is 3.39. The zero-order valence-corrected chi connectivity index (χ0v) is 6.75. The lowest BCUT2D eigenvalue weighted by Gasteiger charge is -2.04. The van der Waals surface area contributed by atoms with E-state index < -0.39 is 22.5 Å². The first-order valence-corrected chi connectivity index (χ1v) is 3.32. The molecule has 0 radical (unpaired) electrons. The Bertz CT molecular complexity index is 314. The third-order valence-electron chi connectivity index (χ3n) is 1.29. The van der Waals surface area contributed by atoms with Crippen LogP contribution in [0.1, 0.15) is 0 Å². The minimum atomic E-state index is -1.60. The Morgan fingerprint density at radius 3 is 2.33 bits per heavy atom. The van der Waals surface area contributed by atoms with E-state index >= 15 is 0 Å². The summed E-state index contributed by atoms with van der Waals surface area (Å²) in [6, 6.07) is 0.681. The van der Waals surface area contributed by atoms with Gasteiger partial charge in [0.1, 0.15) is 10.8 Å². The van der Waals surface area contributed by atoms with Crippen LogP contribution in [0.2, 0.25) is 5.02 Å². The van der Waals surface area contributed by atoms with Gasteiger partial charge in [-0.3, -0.25) is 0 Å². The maximum atomic E-state index is 12.6. The molecule has 0 aliphatic carbocycles. The van der Waals surface area contributed by atoms with Gasteiger partial charge in [-0.1, -0.05) is 11.6 Å². The summed E-state index contributed by atoms with van der Waals surface area (Å²) in [5, 5.41) is -0.559. The molecule has 0 heterocycles. The number of ether oxygens (including phenoxy) is 1. The number of rotatable bonds is 1. The quantitative estimate of drug-likeness (QED) is 0.496. The van der Waals surface area contributed by atoms with Gasteiger partial charge in [-0.25, -0.2) is 13.2 Å². The summed E-state index contributed by atoms with van der Waals surface area (Å²) in [6.07, 6.45) is 0. The van der Waals surface area contributed by atoms with Gasteiger partial charge >= 0.3 is 0 Å². The van der Waals surface area contributed by atoms with Crippen LogP contribution in [0, 0.1) is 17.5 Å². The van der Waals surface area contributed by atoms with E-state index in [0.29, 0.717) is 6.07 Å². The molecule has 1 nitrogen and oxygen atoms in total. The van der Waals surface area contributed by atoms with Crippen LogP contribution in [-0.2, 0) is 0 Å². The van der Waals surface area contributed by atoms with E-state index in [4.69, 9.17) is 11.6 Å². The molecule has 0 fully saturated rings. The number of hydrogen-bond donors (Lipinski definition) is 0. The number of hydrogen-bond acceptors (Lipinski definition) is 1. The molecule has 0 N–H and O–H groups in total. The van der Waals surface area contributed by atoms with E-state index in [1.165, 1.54) is 7.11 Å². The van der Waals surface area contributed by atoms with Gasteiger partial charge in [0.25, 0.3) is 0 Å². The van der Waals surface area contributed by atoms with Crippen molar-refractivity contribution in [1.82, 2.24) is 0 Å². The summed E-state index contributed by atoms with van der Waals surface area (Å²) >= 11 is 5.26. The van der Waals surface area contributed by atoms with Gasteiger partial charge in [0.05, 0.1) is 7.11 Å². The summed E-state index contributed by atoms with van der Waals surface area (Å²) in [7, 11) is 1.18. The van der Waals surface area contributed by atoms with E-state index in [-0.39, 0.29) is 5.75 Å². The van der Waals surface area contributed by atoms with Gasteiger partial charge in [0.2, 0.25) is 0 Å². The maximum absolute atomic E-state index is 12.6. The minimum Gasteiger partial charge on any atom is -0.495 e. The molecule has 0 aliphatic heterocycles. The van der Waals surface area contributed by atoms with E-state index in [2.05, 4.69) is 4.74 Å². The molecule has 0 unspecified atom stereocenters. The van der Waals surface area contributed by atoms with Crippen LogP contribution in [0.25, 0.3) is 0 Å². The van der Waals surface area contributed by atoms with Crippen LogP contribution in [0.3, 0.4) is 0 Å². The van der Waals surface area contributed by atoms with Crippen LogP contribution < -0.4 is 4.74 Å². The first-order chi connectivity index (χ1) is 5.57. The normalized spacial score (nSPS) is 10.1.